The third kappa shape index (κ3) is 1.55. The van der Waals surface area contributed by atoms with Crippen LogP contribution in [-0.4, -0.2) is 11.4 Å². The maximum atomic E-state index is 4.05. The lowest BCUT2D eigenvalue weighted by atomic mass is 10.0. The Morgan fingerprint density at radius 1 is 1.31 bits per heavy atom. The lowest BCUT2D eigenvalue weighted by Gasteiger charge is -2.27. The van der Waals surface area contributed by atoms with Gasteiger partial charge in [0.1, 0.15) is 0 Å². The summed E-state index contributed by atoms with van der Waals surface area (Å²) in [5.74, 6) is 0. The van der Waals surface area contributed by atoms with Gasteiger partial charge in [0.15, 0.2) is 0 Å². The average Bonchev–Trinajstić information content (AvgIpc) is 2.36. The summed E-state index contributed by atoms with van der Waals surface area (Å²) >= 11 is 0. The van der Waals surface area contributed by atoms with E-state index in [1.54, 1.807) is 0 Å². The van der Waals surface area contributed by atoms with Crippen LogP contribution in [0.5, 0.6) is 0 Å². The molecule has 0 radical (unpaired) electrons. The lowest BCUT2D eigenvalue weighted by Crippen LogP contribution is -2.20. The van der Waals surface area contributed by atoms with E-state index in [2.05, 4.69) is 30.7 Å². The molecule has 0 aromatic carbocycles. The maximum absolute atomic E-state index is 4.05. The van der Waals surface area contributed by atoms with Gasteiger partial charge in [0.25, 0.3) is 0 Å². The second kappa shape index (κ2) is 3.41. The maximum Gasteiger partial charge on any atom is 0.0222 e. The highest BCUT2D eigenvalue weighted by Gasteiger charge is 2.17. The van der Waals surface area contributed by atoms with Crippen LogP contribution >= 0.6 is 0 Å². The van der Waals surface area contributed by atoms with Crippen LogP contribution in [0.4, 0.5) is 0 Å². The molecular formula is C12H17N. The van der Waals surface area contributed by atoms with Gasteiger partial charge >= 0.3 is 0 Å². The first-order valence-electron chi connectivity index (χ1n) is 5.13. The van der Waals surface area contributed by atoms with Gasteiger partial charge in [-0.05, 0) is 43.4 Å². The normalized spacial score (nSPS) is 23.2. The molecule has 0 N–H and O–H groups in total. The van der Waals surface area contributed by atoms with E-state index in [0.717, 1.165) is 0 Å². The third-order valence-corrected chi connectivity index (χ3v) is 3.03. The van der Waals surface area contributed by atoms with Crippen LogP contribution < -0.4 is 0 Å². The van der Waals surface area contributed by atoms with Gasteiger partial charge in [0.05, 0.1) is 0 Å². The molecule has 0 bridgehead atoms. The van der Waals surface area contributed by atoms with Gasteiger partial charge in [-0.1, -0.05) is 13.0 Å². The van der Waals surface area contributed by atoms with Crippen molar-refractivity contribution in [2.24, 2.45) is 0 Å². The van der Waals surface area contributed by atoms with E-state index in [0.29, 0.717) is 0 Å². The molecule has 0 aliphatic carbocycles. The quantitative estimate of drug-likeness (QED) is 0.546. The van der Waals surface area contributed by atoms with Crippen LogP contribution in [0.15, 0.2) is 35.7 Å². The van der Waals surface area contributed by atoms with Crippen molar-refractivity contribution in [2.45, 2.75) is 32.6 Å². The summed E-state index contributed by atoms with van der Waals surface area (Å²) in [5, 5.41) is 0. The first-order chi connectivity index (χ1) is 6.29. The highest BCUT2D eigenvalue weighted by atomic mass is 15.1. The fourth-order valence-corrected chi connectivity index (χ4v) is 2.09. The van der Waals surface area contributed by atoms with Crippen LogP contribution in [0.25, 0.3) is 0 Å². The molecule has 1 heteroatoms. The van der Waals surface area contributed by atoms with E-state index in [1.165, 1.54) is 49.1 Å². The second-order valence-corrected chi connectivity index (χ2v) is 3.92. The molecule has 2 aliphatic rings. The highest BCUT2D eigenvalue weighted by molar-refractivity contribution is 5.42. The molecule has 0 atom stereocenters. The summed E-state index contributed by atoms with van der Waals surface area (Å²) in [5.41, 5.74) is 4.09. The fourth-order valence-electron chi connectivity index (χ4n) is 2.09. The molecular weight excluding hydrogens is 158 g/mol. The van der Waals surface area contributed by atoms with Gasteiger partial charge in [0, 0.05) is 18.4 Å². The molecule has 2 aliphatic heterocycles. The summed E-state index contributed by atoms with van der Waals surface area (Å²) in [6.07, 6.45) is 9.58. The van der Waals surface area contributed by atoms with Crippen LogP contribution in [0.3, 0.4) is 0 Å². The minimum absolute atomic E-state index is 1.19. The van der Waals surface area contributed by atoms with Gasteiger partial charge in [-0.3, -0.25) is 0 Å². The fraction of sp³-hybridized carbons (Fsp3) is 0.500. The Bertz CT molecular complexity index is 283. The zero-order chi connectivity index (χ0) is 9.26. The van der Waals surface area contributed by atoms with Gasteiger partial charge in [-0.2, -0.15) is 0 Å². The lowest BCUT2D eigenvalue weighted by molar-refractivity contribution is 0.454. The highest BCUT2D eigenvalue weighted by Crippen LogP contribution is 2.29. The second-order valence-electron chi connectivity index (χ2n) is 3.92. The minimum atomic E-state index is 1.19. The monoisotopic (exact) mass is 175 g/mol. The Morgan fingerprint density at radius 3 is 3.00 bits per heavy atom. The van der Waals surface area contributed by atoms with Gasteiger partial charge < -0.3 is 4.90 Å². The van der Waals surface area contributed by atoms with Crippen LogP contribution in [0, 0.1) is 0 Å². The number of allylic oxidation sites excluding steroid dienone is 4. The van der Waals surface area contributed by atoms with Crippen LogP contribution in [0.1, 0.15) is 32.6 Å². The Kier molecular flexibility index (Phi) is 2.26. The summed E-state index contributed by atoms with van der Waals surface area (Å²) in [7, 11) is 0. The van der Waals surface area contributed by atoms with Crippen molar-refractivity contribution in [2.75, 3.05) is 6.54 Å². The predicted molar refractivity (Wildman–Crippen MR) is 56.2 cm³/mol. The van der Waals surface area contributed by atoms with Crippen molar-refractivity contribution in [3.05, 3.63) is 35.7 Å². The number of hydrogen-bond donors (Lipinski definition) is 0. The number of rotatable bonds is 0. The van der Waals surface area contributed by atoms with Crippen molar-refractivity contribution < 1.29 is 0 Å². The van der Waals surface area contributed by atoms with E-state index >= 15 is 0 Å². The molecule has 2 rings (SSSR count). The Balaban J connectivity index is 2.31. The Hall–Kier alpha value is -0.980. The van der Waals surface area contributed by atoms with E-state index in [1.807, 2.05) is 0 Å². The van der Waals surface area contributed by atoms with Crippen molar-refractivity contribution in [3.63, 3.8) is 0 Å². The first kappa shape index (κ1) is 8.61. The van der Waals surface area contributed by atoms with Crippen molar-refractivity contribution in [1.29, 1.82) is 0 Å². The van der Waals surface area contributed by atoms with Crippen LogP contribution in [-0.2, 0) is 0 Å². The van der Waals surface area contributed by atoms with Crippen LogP contribution in [0.2, 0.25) is 0 Å². The van der Waals surface area contributed by atoms with E-state index in [9.17, 15) is 0 Å². The molecule has 0 amide bonds. The molecule has 1 nitrogen and oxygen atoms in total. The van der Waals surface area contributed by atoms with E-state index in [4.69, 9.17) is 0 Å². The summed E-state index contributed by atoms with van der Waals surface area (Å²) in [4.78, 5) is 2.40. The smallest absolute Gasteiger partial charge is 0.0222 e. The molecule has 1 fully saturated rings. The molecule has 0 aromatic heterocycles. The number of fused-ring (bicyclic) bond motifs is 1. The summed E-state index contributed by atoms with van der Waals surface area (Å²) in [6, 6.07) is 0. The molecule has 70 valence electrons. The standard InChI is InChI=1S/C12H17N/c1-10-7-9-13-8-5-3-4-6-12(13)11(10)2/h7,9H,1,3-6,8H2,2H3. The SMILES string of the molecule is C=C1C=CN2CCCCCC2=C1C. The van der Waals surface area contributed by atoms with Gasteiger partial charge in [0.2, 0.25) is 0 Å². The first-order valence-corrected chi connectivity index (χ1v) is 5.13. The largest absolute Gasteiger partial charge is 0.351 e. The zero-order valence-corrected chi connectivity index (χ0v) is 8.34. The van der Waals surface area contributed by atoms with Crippen molar-refractivity contribution in [1.82, 2.24) is 4.90 Å². The van der Waals surface area contributed by atoms with E-state index < -0.39 is 0 Å². The number of nitrogens with zero attached hydrogens (tertiary/aromatic N) is 1. The molecule has 13 heavy (non-hydrogen) atoms. The molecule has 0 saturated carbocycles. The molecule has 1 saturated heterocycles. The van der Waals surface area contributed by atoms with Gasteiger partial charge in [-0.15, -0.1) is 0 Å². The molecule has 2 heterocycles. The Morgan fingerprint density at radius 2 is 2.15 bits per heavy atom. The molecule has 0 spiro atoms. The van der Waals surface area contributed by atoms with E-state index in [-0.39, 0.29) is 0 Å². The van der Waals surface area contributed by atoms with Crippen molar-refractivity contribution in [3.8, 4) is 0 Å². The van der Waals surface area contributed by atoms with Gasteiger partial charge in [-0.25, -0.2) is 0 Å². The minimum Gasteiger partial charge on any atom is -0.351 e. The third-order valence-electron chi connectivity index (χ3n) is 3.03. The topological polar surface area (TPSA) is 3.24 Å². The zero-order valence-electron chi connectivity index (χ0n) is 8.34. The molecule has 0 unspecified atom stereocenters. The summed E-state index contributed by atoms with van der Waals surface area (Å²) in [6.45, 7) is 7.43. The van der Waals surface area contributed by atoms with Crippen molar-refractivity contribution >= 4 is 0 Å². The average molecular weight is 175 g/mol. The summed E-state index contributed by atoms with van der Waals surface area (Å²) < 4.78 is 0. The molecule has 0 aromatic rings. The predicted octanol–water partition coefficient (Wildman–Crippen LogP) is 3.22. The number of hydrogen-bond acceptors (Lipinski definition) is 1. The Labute approximate surface area is 80.4 Å².